The molecule has 0 aliphatic carbocycles. The number of hydrogen-bond acceptors (Lipinski definition) is 4. The third-order valence-corrected chi connectivity index (χ3v) is 3.84. The Balaban J connectivity index is 1.37. The Hall–Kier alpha value is -2.89. The van der Waals surface area contributed by atoms with Crippen LogP contribution in [-0.2, 0) is 6.42 Å². The summed E-state index contributed by atoms with van der Waals surface area (Å²) in [5.41, 5.74) is 1.76. The van der Waals surface area contributed by atoms with Crippen molar-refractivity contribution in [1.29, 1.82) is 0 Å². The highest BCUT2D eigenvalue weighted by Crippen LogP contribution is 2.34. The van der Waals surface area contributed by atoms with E-state index in [2.05, 4.69) is 10.6 Å². The largest absolute Gasteiger partial charge is 0.491 e. The number of para-hydroxylation sites is 1. The molecule has 1 unspecified atom stereocenters. The van der Waals surface area contributed by atoms with Gasteiger partial charge in [-0.05, 0) is 30.2 Å². The molecule has 6 nitrogen and oxygen atoms in total. The molecule has 2 amide bonds. The maximum Gasteiger partial charge on any atom is 0.319 e. The van der Waals surface area contributed by atoms with Crippen LogP contribution in [0.2, 0.25) is 0 Å². The number of rotatable bonds is 2. The Bertz CT molecular complexity index is 747. The molecular formula is C17H16N2O4. The van der Waals surface area contributed by atoms with E-state index in [1.54, 1.807) is 18.2 Å². The number of hydrogen-bond donors (Lipinski definition) is 2. The van der Waals surface area contributed by atoms with Crippen LogP contribution in [0.1, 0.15) is 5.56 Å². The molecule has 0 saturated carbocycles. The van der Waals surface area contributed by atoms with Gasteiger partial charge in [0.15, 0.2) is 11.5 Å². The molecule has 6 heteroatoms. The maximum absolute atomic E-state index is 12.1. The minimum absolute atomic E-state index is 0.0566. The quantitative estimate of drug-likeness (QED) is 0.894. The third-order valence-electron chi connectivity index (χ3n) is 3.84. The fourth-order valence-electron chi connectivity index (χ4n) is 2.75. The van der Waals surface area contributed by atoms with Crippen molar-refractivity contribution in [3.8, 4) is 17.2 Å². The average molecular weight is 312 g/mol. The van der Waals surface area contributed by atoms with Gasteiger partial charge in [0.05, 0.1) is 6.04 Å². The predicted molar refractivity (Wildman–Crippen MR) is 84.1 cm³/mol. The van der Waals surface area contributed by atoms with Gasteiger partial charge in [0.1, 0.15) is 12.4 Å². The Labute approximate surface area is 133 Å². The van der Waals surface area contributed by atoms with Gasteiger partial charge >= 0.3 is 6.03 Å². The summed E-state index contributed by atoms with van der Waals surface area (Å²) in [6.45, 7) is 0.676. The Kier molecular flexibility index (Phi) is 3.42. The standard InChI is InChI=1S/C17H16N2O4/c20-17(18-12-5-6-15-16(8-12)23-10-22-15)19-13-7-11-3-1-2-4-14(11)21-9-13/h1-6,8,13H,7,9-10H2,(H2,18,19,20). The lowest BCUT2D eigenvalue weighted by Crippen LogP contribution is -2.44. The van der Waals surface area contributed by atoms with E-state index in [4.69, 9.17) is 14.2 Å². The zero-order chi connectivity index (χ0) is 15.6. The number of anilines is 1. The SMILES string of the molecule is O=C(Nc1ccc2c(c1)OCO2)NC1COc2ccccc2C1. The molecule has 23 heavy (non-hydrogen) atoms. The summed E-state index contributed by atoms with van der Waals surface area (Å²) >= 11 is 0. The summed E-state index contributed by atoms with van der Waals surface area (Å²) in [5, 5.41) is 5.73. The molecule has 2 heterocycles. The molecule has 1 atom stereocenters. The highest BCUT2D eigenvalue weighted by atomic mass is 16.7. The number of carbonyl (C=O) groups is 1. The van der Waals surface area contributed by atoms with Gasteiger partial charge in [0.2, 0.25) is 6.79 Å². The fraction of sp³-hybridized carbons (Fsp3) is 0.235. The molecule has 2 aromatic rings. The molecule has 2 aromatic carbocycles. The highest BCUT2D eigenvalue weighted by Gasteiger charge is 2.21. The highest BCUT2D eigenvalue weighted by molar-refractivity contribution is 5.90. The molecule has 0 radical (unpaired) electrons. The van der Waals surface area contributed by atoms with E-state index in [0.717, 1.165) is 17.7 Å². The summed E-state index contributed by atoms with van der Waals surface area (Å²) in [5.74, 6) is 2.22. The topological polar surface area (TPSA) is 68.8 Å². The first-order valence-corrected chi connectivity index (χ1v) is 7.46. The predicted octanol–water partition coefficient (Wildman–Crippen LogP) is 2.54. The Morgan fingerprint density at radius 3 is 2.83 bits per heavy atom. The van der Waals surface area contributed by atoms with Gasteiger partial charge in [-0.3, -0.25) is 0 Å². The van der Waals surface area contributed by atoms with Crippen molar-refractivity contribution in [2.24, 2.45) is 0 Å². The second-order valence-corrected chi connectivity index (χ2v) is 5.49. The molecule has 0 bridgehead atoms. The second-order valence-electron chi connectivity index (χ2n) is 5.49. The number of urea groups is 1. The smallest absolute Gasteiger partial charge is 0.319 e. The van der Waals surface area contributed by atoms with Crippen molar-refractivity contribution in [2.45, 2.75) is 12.5 Å². The van der Waals surface area contributed by atoms with Gasteiger partial charge in [-0.1, -0.05) is 18.2 Å². The molecule has 2 aliphatic heterocycles. The van der Waals surface area contributed by atoms with Crippen LogP contribution in [0.25, 0.3) is 0 Å². The van der Waals surface area contributed by atoms with Gasteiger partial charge in [0.25, 0.3) is 0 Å². The van der Waals surface area contributed by atoms with E-state index in [-0.39, 0.29) is 18.9 Å². The Morgan fingerprint density at radius 1 is 1.00 bits per heavy atom. The summed E-state index contributed by atoms with van der Waals surface area (Å²) < 4.78 is 16.2. The van der Waals surface area contributed by atoms with Crippen LogP contribution in [-0.4, -0.2) is 25.5 Å². The van der Waals surface area contributed by atoms with Gasteiger partial charge in [-0.2, -0.15) is 0 Å². The monoisotopic (exact) mass is 312 g/mol. The minimum Gasteiger partial charge on any atom is -0.491 e. The van der Waals surface area contributed by atoms with E-state index in [9.17, 15) is 4.79 Å². The number of ether oxygens (including phenoxy) is 3. The van der Waals surface area contributed by atoms with Crippen LogP contribution < -0.4 is 24.8 Å². The van der Waals surface area contributed by atoms with Crippen molar-refractivity contribution >= 4 is 11.7 Å². The van der Waals surface area contributed by atoms with Crippen LogP contribution in [0.15, 0.2) is 42.5 Å². The summed E-state index contributed by atoms with van der Waals surface area (Å²) in [4.78, 5) is 12.1. The molecule has 0 fully saturated rings. The third kappa shape index (κ3) is 2.88. The number of fused-ring (bicyclic) bond motifs is 2. The molecule has 0 spiro atoms. The minimum atomic E-state index is -0.267. The number of amides is 2. The van der Waals surface area contributed by atoms with E-state index < -0.39 is 0 Å². The lowest BCUT2D eigenvalue weighted by molar-refractivity contribution is 0.174. The number of benzene rings is 2. The van der Waals surface area contributed by atoms with Gasteiger partial charge < -0.3 is 24.8 Å². The first-order valence-electron chi connectivity index (χ1n) is 7.46. The van der Waals surface area contributed by atoms with Gasteiger partial charge in [0, 0.05) is 11.8 Å². The van der Waals surface area contributed by atoms with E-state index in [0.29, 0.717) is 23.8 Å². The average Bonchev–Trinajstić information content (AvgIpc) is 3.02. The van der Waals surface area contributed by atoms with Crippen LogP contribution in [0.4, 0.5) is 10.5 Å². The molecule has 0 aromatic heterocycles. The normalized spacial score (nSPS) is 17.8. The molecule has 118 valence electrons. The molecule has 2 aliphatic rings. The number of carbonyl (C=O) groups excluding carboxylic acids is 1. The van der Waals surface area contributed by atoms with Gasteiger partial charge in [-0.25, -0.2) is 4.79 Å². The first-order chi connectivity index (χ1) is 11.3. The van der Waals surface area contributed by atoms with Crippen LogP contribution in [0.5, 0.6) is 17.2 Å². The lowest BCUT2D eigenvalue weighted by atomic mass is 10.0. The fourth-order valence-corrected chi connectivity index (χ4v) is 2.75. The number of nitrogens with one attached hydrogen (secondary N) is 2. The maximum atomic E-state index is 12.1. The summed E-state index contributed by atoms with van der Waals surface area (Å²) in [7, 11) is 0. The van der Waals surface area contributed by atoms with E-state index in [1.165, 1.54) is 0 Å². The van der Waals surface area contributed by atoms with Crippen LogP contribution >= 0.6 is 0 Å². The molecule has 2 N–H and O–H groups in total. The van der Waals surface area contributed by atoms with Crippen molar-refractivity contribution < 1.29 is 19.0 Å². The molecule has 4 rings (SSSR count). The van der Waals surface area contributed by atoms with Gasteiger partial charge in [-0.15, -0.1) is 0 Å². The van der Waals surface area contributed by atoms with Crippen molar-refractivity contribution in [2.75, 3.05) is 18.7 Å². The molecular weight excluding hydrogens is 296 g/mol. The van der Waals surface area contributed by atoms with Crippen LogP contribution in [0, 0.1) is 0 Å². The second kappa shape index (κ2) is 5.72. The van der Waals surface area contributed by atoms with E-state index >= 15 is 0 Å². The zero-order valence-electron chi connectivity index (χ0n) is 12.4. The zero-order valence-corrected chi connectivity index (χ0v) is 12.4. The van der Waals surface area contributed by atoms with Crippen molar-refractivity contribution in [3.63, 3.8) is 0 Å². The van der Waals surface area contributed by atoms with E-state index in [1.807, 2.05) is 24.3 Å². The van der Waals surface area contributed by atoms with Crippen LogP contribution in [0.3, 0.4) is 0 Å². The van der Waals surface area contributed by atoms with Crippen molar-refractivity contribution in [3.05, 3.63) is 48.0 Å². The first kappa shape index (κ1) is 13.8. The van der Waals surface area contributed by atoms with Crippen molar-refractivity contribution in [1.82, 2.24) is 5.32 Å². The summed E-state index contributed by atoms with van der Waals surface area (Å²) in [6.07, 6.45) is 0.755. The Morgan fingerprint density at radius 2 is 1.87 bits per heavy atom. The lowest BCUT2D eigenvalue weighted by Gasteiger charge is -2.26. The molecule has 0 saturated heterocycles. The summed E-state index contributed by atoms with van der Waals surface area (Å²) in [6, 6.07) is 12.8.